The first-order chi connectivity index (χ1) is 16.5. The highest BCUT2D eigenvalue weighted by atomic mass is 16.2. The Morgan fingerprint density at radius 2 is 1.56 bits per heavy atom. The van der Waals surface area contributed by atoms with Gasteiger partial charge in [-0.25, -0.2) is 4.79 Å². The van der Waals surface area contributed by atoms with Crippen molar-refractivity contribution in [3.05, 3.63) is 60.2 Å². The van der Waals surface area contributed by atoms with E-state index < -0.39 is 0 Å². The minimum atomic E-state index is -0.223. The zero-order chi connectivity index (χ0) is 23.9. The molecule has 3 amide bonds. The summed E-state index contributed by atoms with van der Waals surface area (Å²) in [6, 6.07) is 17.7. The molecule has 7 nitrogen and oxygen atoms in total. The number of anilines is 2. The molecule has 2 aliphatic rings. The van der Waals surface area contributed by atoms with Gasteiger partial charge < -0.3 is 20.4 Å². The van der Waals surface area contributed by atoms with Crippen molar-refractivity contribution < 1.29 is 9.59 Å². The number of urea groups is 1. The summed E-state index contributed by atoms with van der Waals surface area (Å²) in [6.45, 7) is 10.5. The molecule has 0 spiro atoms. The maximum absolute atomic E-state index is 12.7. The highest BCUT2D eigenvalue weighted by Gasteiger charge is 2.22. The van der Waals surface area contributed by atoms with Gasteiger partial charge in [-0.15, -0.1) is 0 Å². The molecule has 7 heteroatoms. The van der Waals surface area contributed by atoms with Crippen molar-refractivity contribution in [2.75, 3.05) is 56.0 Å². The molecular weight excluding hydrogens is 426 g/mol. The Morgan fingerprint density at radius 1 is 0.912 bits per heavy atom. The van der Waals surface area contributed by atoms with Crippen molar-refractivity contribution in [1.29, 1.82) is 0 Å². The van der Waals surface area contributed by atoms with Crippen LogP contribution < -0.4 is 15.5 Å². The number of nitrogens with zero attached hydrogens (tertiary/aromatic N) is 3. The normalized spacial score (nSPS) is 18.4. The first-order valence-corrected chi connectivity index (χ1v) is 12.5. The van der Waals surface area contributed by atoms with Gasteiger partial charge in [-0.05, 0) is 62.1 Å². The van der Waals surface area contributed by atoms with Crippen LogP contribution in [0.25, 0.3) is 0 Å². The quantitative estimate of drug-likeness (QED) is 0.682. The van der Waals surface area contributed by atoms with Crippen molar-refractivity contribution in [3.8, 4) is 0 Å². The molecule has 4 rings (SSSR count). The maximum Gasteiger partial charge on any atom is 0.319 e. The lowest BCUT2D eigenvalue weighted by molar-refractivity contribution is 0.0697. The molecule has 2 aromatic carbocycles. The van der Waals surface area contributed by atoms with Gasteiger partial charge in [0.1, 0.15) is 0 Å². The minimum absolute atomic E-state index is 0.0732. The Kier molecular flexibility index (Phi) is 8.06. The number of benzene rings is 2. The molecule has 1 unspecified atom stereocenters. The Balaban J connectivity index is 1.18. The average Bonchev–Trinajstić information content (AvgIpc) is 2.88. The van der Waals surface area contributed by atoms with Crippen LogP contribution in [0.2, 0.25) is 0 Å². The first-order valence-electron chi connectivity index (χ1n) is 12.5. The maximum atomic E-state index is 12.7. The van der Waals surface area contributed by atoms with Crippen molar-refractivity contribution in [3.63, 3.8) is 0 Å². The summed E-state index contributed by atoms with van der Waals surface area (Å²) in [5.74, 6) is 0.764. The molecule has 0 aromatic heterocycles. The predicted octanol–water partition coefficient (Wildman–Crippen LogP) is 3.89. The molecule has 2 aromatic rings. The minimum Gasteiger partial charge on any atom is -0.369 e. The molecule has 34 heavy (non-hydrogen) atoms. The molecule has 1 atom stereocenters. The number of amides is 3. The van der Waals surface area contributed by atoms with Crippen LogP contribution in [0, 0.1) is 5.92 Å². The number of piperazine rings is 1. The van der Waals surface area contributed by atoms with Gasteiger partial charge in [0, 0.05) is 68.8 Å². The Bertz CT molecular complexity index is 933. The molecule has 0 radical (unpaired) electrons. The van der Waals surface area contributed by atoms with E-state index in [2.05, 4.69) is 58.5 Å². The van der Waals surface area contributed by atoms with Crippen LogP contribution >= 0.6 is 0 Å². The highest BCUT2D eigenvalue weighted by Crippen LogP contribution is 2.19. The summed E-state index contributed by atoms with van der Waals surface area (Å²) >= 11 is 0. The largest absolute Gasteiger partial charge is 0.369 e. The van der Waals surface area contributed by atoms with Gasteiger partial charge in [0.05, 0.1) is 0 Å². The van der Waals surface area contributed by atoms with E-state index in [9.17, 15) is 9.59 Å². The highest BCUT2D eigenvalue weighted by molar-refractivity contribution is 5.95. The van der Waals surface area contributed by atoms with E-state index >= 15 is 0 Å². The molecule has 0 saturated carbocycles. The second kappa shape index (κ2) is 11.4. The third-order valence-electron chi connectivity index (χ3n) is 7.08. The van der Waals surface area contributed by atoms with Gasteiger partial charge in [0.15, 0.2) is 0 Å². The number of likely N-dealkylation sites (tertiary alicyclic amines) is 1. The lowest BCUT2D eigenvalue weighted by Crippen LogP contribution is -2.52. The van der Waals surface area contributed by atoms with Crippen LogP contribution in [0.1, 0.15) is 37.0 Å². The number of nitrogens with one attached hydrogen (secondary N) is 2. The van der Waals surface area contributed by atoms with Gasteiger partial charge in [0.2, 0.25) is 0 Å². The fourth-order valence-corrected chi connectivity index (χ4v) is 4.69. The molecular formula is C27H37N5O2. The number of hydrogen-bond donors (Lipinski definition) is 2. The molecule has 2 fully saturated rings. The van der Waals surface area contributed by atoms with Crippen LogP contribution in [0.15, 0.2) is 54.6 Å². The second-order valence-electron chi connectivity index (χ2n) is 9.59. The van der Waals surface area contributed by atoms with Crippen molar-refractivity contribution >= 4 is 23.3 Å². The van der Waals surface area contributed by atoms with Gasteiger partial charge in [-0.1, -0.05) is 25.1 Å². The summed E-state index contributed by atoms with van der Waals surface area (Å²) in [5.41, 5.74) is 2.62. The first kappa shape index (κ1) is 24.1. The van der Waals surface area contributed by atoms with Gasteiger partial charge in [0.25, 0.3) is 5.91 Å². The lowest BCUT2D eigenvalue weighted by Gasteiger charge is -2.39. The van der Waals surface area contributed by atoms with Crippen molar-refractivity contribution in [1.82, 2.24) is 15.1 Å². The number of para-hydroxylation sites is 1. The Hall–Kier alpha value is -3.06. The molecule has 2 saturated heterocycles. The van der Waals surface area contributed by atoms with E-state index in [0.29, 0.717) is 23.7 Å². The lowest BCUT2D eigenvalue weighted by atomic mass is 9.98. The number of piperidine rings is 1. The summed E-state index contributed by atoms with van der Waals surface area (Å²) in [6.07, 6.45) is 2.12. The third kappa shape index (κ3) is 6.29. The standard InChI is InChI=1S/C27H37N5O2/c1-21-12-14-32(15-13-21)26(33)23-8-10-24(11-9-23)29-27(34)28-20-22(2)30-16-18-31(19-17-30)25-6-4-3-5-7-25/h3-11,21-22H,12-20H2,1-2H3,(H2,28,29,34). The fourth-order valence-electron chi connectivity index (χ4n) is 4.69. The molecule has 2 aliphatic heterocycles. The van der Waals surface area contributed by atoms with Crippen LogP contribution in [0.5, 0.6) is 0 Å². The van der Waals surface area contributed by atoms with Crippen LogP contribution in [-0.2, 0) is 0 Å². The zero-order valence-corrected chi connectivity index (χ0v) is 20.4. The summed E-state index contributed by atoms with van der Waals surface area (Å²) in [5, 5.41) is 5.86. The Labute approximate surface area is 203 Å². The van der Waals surface area contributed by atoms with Crippen molar-refractivity contribution in [2.24, 2.45) is 5.92 Å². The smallest absolute Gasteiger partial charge is 0.319 e. The van der Waals surface area contributed by atoms with E-state index in [4.69, 9.17) is 0 Å². The Morgan fingerprint density at radius 3 is 2.21 bits per heavy atom. The number of rotatable bonds is 6. The molecule has 0 bridgehead atoms. The number of carbonyl (C=O) groups excluding carboxylic acids is 2. The number of carbonyl (C=O) groups is 2. The number of hydrogen-bond acceptors (Lipinski definition) is 4. The third-order valence-corrected chi connectivity index (χ3v) is 7.08. The van der Waals surface area contributed by atoms with Crippen molar-refractivity contribution in [2.45, 2.75) is 32.7 Å². The van der Waals surface area contributed by atoms with Crippen LogP contribution in [-0.4, -0.2) is 73.6 Å². The van der Waals surface area contributed by atoms with E-state index in [0.717, 1.165) is 52.1 Å². The molecule has 2 heterocycles. The SMILES string of the molecule is CC1CCN(C(=O)c2ccc(NC(=O)NCC(C)N3CCN(c4ccccc4)CC3)cc2)CC1. The van der Waals surface area contributed by atoms with E-state index in [1.54, 1.807) is 24.3 Å². The van der Waals surface area contributed by atoms with Gasteiger partial charge in [-0.2, -0.15) is 0 Å². The molecule has 2 N–H and O–H groups in total. The van der Waals surface area contributed by atoms with E-state index in [-0.39, 0.29) is 18.0 Å². The fraction of sp³-hybridized carbons (Fsp3) is 0.481. The predicted molar refractivity (Wildman–Crippen MR) is 137 cm³/mol. The summed E-state index contributed by atoms with van der Waals surface area (Å²) in [7, 11) is 0. The van der Waals surface area contributed by atoms with Crippen LogP contribution in [0.4, 0.5) is 16.2 Å². The topological polar surface area (TPSA) is 67.9 Å². The second-order valence-corrected chi connectivity index (χ2v) is 9.59. The molecule has 0 aliphatic carbocycles. The zero-order valence-electron chi connectivity index (χ0n) is 20.4. The van der Waals surface area contributed by atoms with E-state index in [1.165, 1.54) is 5.69 Å². The van der Waals surface area contributed by atoms with E-state index in [1.807, 2.05) is 11.0 Å². The van der Waals surface area contributed by atoms with Gasteiger partial charge in [-0.3, -0.25) is 9.69 Å². The summed E-state index contributed by atoms with van der Waals surface area (Å²) in [4.78, 5) is 31.8. The average molecular weight is 464 g/mol. The summed E-state index contributed by atoms with van der Waals surface area (Å²) < 4.78 is 0. The van der Waals surface area contributed by atoms with Crippen LogP contribution in [0.3, 0.4) is 0 Å². The monoisotopic (exact) mass is 463 g/mol. The molecule has 182 valence electrons. The van der Waals surface area contributed by atoms with Gasteiger partial charge >= 0.3 is 6.03 Å².